The predicted octanol–water partition coefficient (Wildman–Crippen LogP) is 3.21. The van der Waals surface area contributed by atoms with Crippen molar-refractivity contribution in [3.8, 4) is 0 Å². The zero-order valence-corrected chi connectivity index (χ0v) is 9.95. The zero-order chi connectivity index (χ0) is 11.3. The van der Waals surface area contributed by atoms with E-state index in [-0.39, 0.29) is 4.75 Å². The van der Waals surface area contributed by atoms with Crippen molar-refractivity contribution in [2.75, 3.05) is 0 Å². The molecule has 3 aliphatic rings. The second-order valence-electron chi connectivity index (χ2n) is 4.33. The Hall–Kier alpha value is -1.61. The molecule has 1 unspecified atom stereocenters. The number of thioether (sulfide) groups is 1. The van der Waals surface area contributed by atoms with Crippen molar-refractivity contribution in [1.82, 2.24) is 0 Å². The molecule has 3 heteroatoms. The minimum absolute atomic E-state index is 0.0623. The van der Waals surface area contributed by atoms with Gasteiger partial charge in [0.05, 0.1) is 11.4 Å². The first-order valence-electron chi connectivity index (χ1n) is 5.67. The van der Waals surface area contributed by atoms with Crippen LogP contribution in [0, 0.1) is 0 Å². The monoisotopic (exact) mass is 238 g/mol. The number of aliphatic imine (C=N–C) groups is 2. The fourth-order valence-electron chi connectivity index (χ4n) is 2.62. The van der Waals surface area contributed by atoms with Crippen LogP contribution in [-0.2, 0) is 0 Å². The molecule has 1 atom stereocenters. The van der Waals surface area contributed by atoms with Gasteiger partial charge in [0.1, 0.15) is 11.1 Å². The van der Waals surface area contributed by atoms with Gasteiger partial charge in [-0.3, -0.25) is 0 Å². The van der Waals surface area contributed by atoms with E-state index in [1.165, 1.54) is 16.2 Å². The molecule has 4 rings (SSSR count). The largest absolute Gasteiger partial charge is 0.240 e. The highest BCUT2D eigenvalue weighted by atomic mass is 32.2. The first kappa shape index (κ1) is 9.42. The summed E-state index contributed by atoms with van der Waals surface area (Å²) in [5.74, 6) is 0. The lowest BCUT2D eigenvalue weighted by Gasteiger charge is -2.31. The Bertz CT molecular complexity index is 625. The molecule has 2 heterocycles. The third-order valence-corrected chi connectivity index (χ3v) is 4.90. The Labute approximate surface area is 104 Å². The van der Waals surface area contributed by atoms with Gasteiger partial charge < -0.3 is 0 Å². The number of fused-ring (bicyclic) bond motifs is 2. The highest BCUT2D eigenvalue weighted by Crippen LogP contribution is 2.53. The summed E-state index contributed by atoms with van der Waals surface area (Å²) in [6.45, 7) is 0. The van der Waals surface area contributed by atoms with E-state index in [1.807, 2.05) is 11.8 Å². The Morgan fingerprint density at radius 3 is 3.18 bits per heavy atom. The van der Waals surface area contributed by atoms with Gasteiger partial charge in [-0.05, 0) is 18.6 Å². The Morgan fingerprint density at radius 1 is 1.24 bits per heavy atom. The van der Waals surface area contributed by atoms with Crippen LogP contribution in [0.1, 0.15) is 12.0 Å². The quantitative estimate of drug-likeness (QED) is 0.681. The maximum absolute atomic E-state index is 4.54. The first-order valence-corrected chi connectivity index (χ1v) is 6.48. The third-order valence-electron chi connectivity index (χ3n) is 3.40. The second-order valence-corrected chi connectivity index (χ2v) is 5.67. The van der Waals surface area contributed by atoms with Gasteiger partial charge in [-0.1, -0.05) is 30.4 Å². The summed E-state index contributed by atoms with van der Waals surface area (Å²) in [6.07, 6.45) is 9.06. The van der Waals surface area contributed by atoms with E-state index < -0.39 is 0 Å². The molecule has 1 aliphatic carbocycles. The predicted molar refractivity (Wildman–Crippen MR) is 71.9 cm³/mol. The van der Waals surface area contributed by atoms with Gasteiger partial charge in [0.15, 0.2) is 0 Å². The van der Waals surface area contributed by atoms with Crippen LogP contribution < -0.4 is 0 Å². The average molecular weight is 238 g/mol. The van der Waals surface area contributed by atoms with Gasteiger partial charge in [-0.2, -0.15) is 0 Å². The molecule has 1 aromatic carbocycles. The SMILES string of the molecule is C1=CCC23Sc4ccccc4C2=NC=NC3=C1. The molecule has 0 radical (unpaired) electrons. The van der Waals surface area contributed by atoms with Crippen LogP contribution in [0.25, 0.3) is 0 Å². The standard InChI is InChI=1S/C14H10N2S/c1-2-6-11-10(5-1)13-14(17-11)8-4-3-7-12(14)15-9-16-13/h1-7,9H,8H2. The van der Waals surface area contributed by atoms with Crippen molar-refractivity contribution in [3.63, 3.8) is 0 Å². The molecule has 0 bridgehead atoms. The molecule has 0 aromatic heterocycles. The van der Waals surface area contributed by atoms with Crippen LogP contribution in [0.5, 0.6) is 0 Å². The molecule has 0 amide bonds. The van der Waals surface area contributed by atoms with Crippen LogP contribution >= 0.6 is 11.8 Å². The maximum Gasteiger partial charge on any atom is 0.116 e. The van der Waals surface area contributed by atoms with Crippen LogP contribution in [0.3, 0.4) is 0 Å². The van der Waals surface area contributed by atoms with E-state index in [2.05, 4.69) is 52.5 Å². The van der Waals surface area contributed by atoms with Crippen LogP contribution in [0.4, 0.5) is 0 Å². The molecule has 0 fully saturated rings. The minimum Gasteiger partial charge on any atom is -0.240 e. The fraction of sp³-hybridized carbons (Fsp3) is 0.143. The number of allylic oxidation sites excluding steroid dienone is 3. The summed E-state index contributed by atoms with van der Waals surface area (Å²) < 4.78 is -0.0623. The molecule has 0 saturated carbocycles. The van der Waals surface area contributed by atoms with Crippen LogP contribution in [-0.4, -0.2) is 16.8 Å². The summed E-state index contributed by atoms with van der Waals surface area (Å²) in [6, 6.07) is 8.49. The molecule has 1 spiro atoms. The summed E-state index contributed by atoms with van der Waals surface area (Å²) in [5, 5.41) is 0. The van der Waals surface area contributed by atoms with E-state index in [0.29, 0.717) is 0 Å². The van der Waals surface area contributed by atoms with Gasteiger partial charge >= 0.3 is 0 Å². The van der Waals surface area contributed by atoms with Crippen LogP contribution in [0.15, 0.2) is 63.1 Å². The lowest BCUT2D eigenvalue weighted by Crippen LogP contribution is -2.36. The lowest BCUT2D eigenvalue weighted by molar-refractivity contribution is 0.852. The summed E-state index contributed by atoms with van der Waals surface area (Å²) >= 11 is 1.89. The summed E-state index contributed by atoms with van der Waals surface area (Å²) in [5.41, 5.74) is 3.57. The molecule has 1 aromatic rings. The minimum atomic E-state index is -0.0623. The van der Waals surface area contributed by atoms with Gasteiger partial charge in [0.2, 0.25) is 0 Å². The van der Waals surface area contributed by atoms with Gasteiger partial charge in [-0.15, -0.1) is 11.8 Å². The van der Waals surface area contributed by atoms with Crippen molar-refractivity contribution in [1.29, 1.82) is 0 Å². The summed E-state index contributed by atoms with van der Waals surface area (Å²) in [7, 11) is 0. The fourth-order valence-corrected chi connectivity index (χ4v) is 4.08. The van der Waals surface area contributed by atoms with E-state index in [4.69, 9.17) is 0 Å². The van der Waals surface area contributed by atoms with Crippen molar-refractivity contribution in [3.05, 3.63) is 53.8 Å². The van der Waals surface area contributed by atoms with Gasteiger partial charge in [-0.25, -0.2) is 9.98 Å². The normalized spacial score (nSPS) is 28.0. The average Bonchev–Trinajstić information content (AvgIpc) is 2.71. The molecular formula is C14H10N2S. The van der Waals surface area contributed by atoms with Crippen molar-refractivity contribution >= 4 is 23.8 Å². The van der Waals surface area contributed by atoms with Crippen molar-refractivity contribution in [2.24, 2.45) is 9.98 Å². The van der Waals surface area contributed by atoms with Crippen LogP contribution in [0.2, 0.25) is 0 Å². The van der Waals surface area contributed by atoms with E-state index in [0.717, 1.165) is 12.1 Å². The Kier molecular flexibility index (Phi) is 1.77. The molecule has 82 valence electrons. The molecule has 0 saturated heterocycles. The smallest absolute Gasteiger partial charge is 0.116 e. The Morgan fingerprint density at radius 2 is 2.18 bits per heavy atom. The zero-order valence-electron chi connectivity index (χ0n) is 9.13. The van der Waals surface area contributed by atoms with Gasteiger partial charge in [0, 0.05) is 10.5 Å². The highest BCUT2D eigenvalue weighted by Gasteiger charge is 2.48. The van der Waals surface area contributed by atoms with E-state index >= 15 is 0 Å². The molecule has 2 aliphatic heterocycles. The number of rotatable bonds is 0. The third kappa shape index (κ3) is 1.12. The van der Waals surface area contributed by atoms with Crippen molar-refractivity contribution < 1.29 is 0 Å². The molecule has 17 heavy (non-hydrogen) atoms. The second kappa shape index (κ2) is 3.20. The highest BCUT2D eigenvalue weighted by molar-refractivity contribution is 8.02. The van der Waals surface area contributed by atoms with E-state index in [9.17, 15) is 0 Å². The molecule has 0 N–H and O–H groups in total. The maximum atomic E-state index is 4.54. The number of hydrogen-bond acceptors (Lipinski definition) is 3. The first-order chi connectivity index (χ1) is 8.40. The molecule has 2 nitrogen and oxygen atoms in total. The summed E-state index contributed by atoms with van der Waals surface area (Å²) in [4.78, 5) is 10.3. The van der Waals surface area contributed by atoms with Gasteiger partial charge in [0.25, 0.3) is 0 Å². The Balaban J connectivity index is 1.99. The number of nitrogens with zero attached hydrogens (tertiary/aromatic N) is 2. The lowest BCUT2D eigenvalue weighted by atomic mass is 9.87. The van der Waals surface area contributed by atoms with Crippen molar-refractivity contribution in [2.45, 2.75) is 16.1 Å². The number of hydrogen-bond donors (Lipinski definition) is 0. The van der Waals surface area contributed by atoms with E-state index in [1.54, 1.807) is 6.34 Å². The number of benzene rings is 1. The topological polar surface area (TPSA) is 24.7 Å². The molecular weight excluding hydrogens is 228 g/mol.